The first-order valence-corrected chi connectivity index (χ1v) is 18.7. The first-order chi connectivity index (χ1) is 20.5. The zero-order valence-corrected chi connectivity index (χ0v) is 27.2. The third-order valence-corrected chi connectivity index (χ3v) is 12.6. The van der Waals surface area contributed by atoms with Crippen molar-refractivity contribution in [2.75, 3.05) is 36.1 Å². The Kier molecular flexibility index (Phi) is 7.95. The van der Waals surface area contributed by atoms with Crippen molar-refractivity contribution in [2.24, 2.45) is 5.92 Å². The quantitative estimate of drug-likeness (QED) is 0.425. The Morgan fingerprint density at radius 1 is 1.16 bits per heavy atom. The number of ether oxygens (including phenoxy) is 2. The van der Waals surface area contributed by atoms with Crippen LogP contribution in [0.15, 0.2) is 46.9 Å². The summed E-state index contributed by atoms with van der Waals surface area (Å²) in [4.78, 5) is 56.9. The Morgan fingerprint density at radius 3 is 2.65 bits per heavy atom. The molecule has 2 aromatic rings. The average molecular weight is 673 g/mol. The maximum atomic E-state index is 14.7. The number of aliphatic hydroxyl groups excluding tert-OH is 1. The molecule has 0 bridgehead atoms. The van der Waals surface area contributed by atoms with Gasteiger partial charge in [0.15, 0.2) is 13.9 Å². The van der Waals surface area contributed by atoms with Gasteiger partial charge in [0.1, 0.15) is 6.61 Å². The van der Waals surface area contributed by atoms with Crippen LogP contribution in [0.4, 0.5) is 16.2 Å². The van der Waals surface area contributed by atoms with Crippen molar-refractivity contribution in [3.8, 4) is 0 Å². The molecule has 230 valence electrons. The molecule has 4 heterocycles. The Hall–Kier alpha value is -2.77. The van der Waals surface area contributed by atoms with E-state index in [1.807, 2.05) is 62.5 Å². The second-order valence-electron chi connectivity index (χ2n) is 12.6. The van der Waals surface area contributed by atoms with Gasteiger partial charge < -0.3 is 29.2 Å². The Morgan fingerprint density at radius 2 is 1.95 bits per heavy atom. The highest BCUT2D eigenvalue weighted by Crippen LogP contribution is 2.60. The van der Waals surface area contributed by atoms with Gasteiger partial charge in [0.05, 0.1) is 44.0 Å². The minimum atomic E-state index is -2.94. The van der Waals surface area contributed by atoms with Gasteiger partial charge in [0.2, 0.25) is 5.91 Å². The maximum Gasteiger partial charge on any atom is 0.414 e. The van der Waals surface area contributed by atoms with E-state index in [9.17, 15) is 24.3 Å². The average Bonchev–Trinajstić information content (AvgIpc) is 3.72. The smallest absolute Gasteiger partial charge is 0.414 e. The van der Waals surface area contributed by atoms with E-state index in [2.05, 4.69) is 15.9 Å². The molecule has 4 aliphatic heterocycles. The highest BCUT2D eigenvalue weighted by molar-refractivity contribution is 9.10. The Bertz CT molecular complexity index is 1450. The van der Waals surface area contributed by atoms with Crippen LogP contribution in [0.25, 0.3) is 0 Å². The molecule has 4 aliphatic rings. The summed E-state index contributed by atoms with van der Waals surface area (Å²) in [6.07, 6.45) is 0.580. The molecule has 12 heteroatoms. The van der Waals surface area contributed by atoms with Crippen molar-refractivity contribution in [1.29, 1.82) is 0 Å². The van der Waals surface area contributed by atoms with Crippen molar-refractivity contribution in [3.63, 3.8) is 0 Å². The summed E-state index contributed by atoms with van der Waals surface area (Å²) < 4.78 is 12.7. The van der Waals surface area contributed by atoms with E-state index < -0.39 is 32.0 Å². The summed E-state index contributed by atoms with van der Waals surface area (Å²) in [6, 6.07) is 13.0. The number of hydrogen-bond acceptors (Lipinski definition) is 7. The molecule has 5 atom stereocenters. The molecule has 0 aliphatic carbocycles. The largest absolute Gasteiger partial charge is 0.447 e. The third kappa shape index (κ3) is 5.10. The summed E-state index contributed by atoms with van der Waals surface area (Å²) in [5, 5.41) is 9.81. The van der Waals surface area contributed by atoms with E-state index in [-0.39, 0.29) is 43.0 Å². The van der Waals surface area contributed by atoms with Gasteiger partial charge in [-0.1, -0.05) is 35.0 Å². The number of anilines is 2. The Labute approximate surface area is 260 Å². The summed E-state index contributed by atoms with van der Waals surface area (Å²) in [5.41, 5.74) is 1.22. The lowest BCUT2D eigenvalue weighted by molar-refractivity contribution is -0.150. The number of benzene rings is 2. The van der Waals surface area contributed by atoms with Crippen LogP contribution in [0, 0.1) is 5.92 Å². The summed E-state index contributed by atoms with van der Waals surface area (Å²) >= 11 is 3.58. The lowest BCUT2D eigenvalue weighted by atomic mass is 9.82. The van der Waals surface area contributed by atoms with Crippen LogP contribution < -0.4 is 9.80 Å². The standard InChI is InChI=1S/C31H38BrN3O7Si/c1-19-28(43(2,3)40)26(16-27(37)33-11-5-8-23(33)18-36)42-31(19)24-15-21(32)9-10-25(24)35(29(31)38)17-20-6-4-7-22(14-20)34-12-13-41-30(34)39/h4,6-7,9-10,14-15,19,23,26,28,36,40H,5,8,11-13,16-18H2,1-3H3/t19-,23-,26+,28-,31+/m0/s1. The normalized spacial score (nSPS) is 28.7. The van der Waals surface area contributed by atoms with E-state index in [0.29, 0.717) is 36.6 Å². The molecule has 3 amide bonds. The van der Waals surface area contributed by atoms with Gasteiger partial charge >= 0.3 is 6.09 Å². The monoisotopic (exact) mass is 671 g/mol. The molecule has 3 saturated heterocycles. The number of fused-ring (bicyclic) bond motifs is 2. The molecule has 3 fully saturated rings. The van der Waals surface area contributed by atoms with Crippen LogP contribution in [0.5, 0.6) is 0 Å². The lowest BCUT2D eigenvalue weighted by Crippen LogP contribution is -2.46. The van der Waals surface area contributed by atoms with Crippen LogP contribution in [0.2, 0.25) is 18.6 Å². The van der Waals surface area contributed by atoms with Gasteiger partial charge in [-0.05, 0) is 61.8 Å². The summed E-state index contributed by atoms with van der Waals surface area (Å²) in [7, 11) is -2.94. The molecule has 2 N–H and O–H groups in total. The predicted octanol–water partition coefficient (Wildman–Crippen LogP) is 4.12. The molecule has 0 radical (unpaired) electrons. The molecule has 10 nitrogen and oxygen atoms in total. The van der Waals surface area contributed by atoms with Gasteiger partial charge in [0.25, 0.3) is 5.91 Å². The van der Waals surface area contributed by atoms with E-state index >= 15 is 0 Å². The van der Waals surface area contributed by atoms with Crippen LogP contribution in [-0.2, 0) is 31.2 Å². The second kappa shape index (κ2) is 11.3. The molecule has 0 aromatic heterocycles. The number of cyclic esters (lactones) is 1. The van der Waals surface area contributed by atoms with Gasteiger partial charge in [-0.2, -0.15) is 0 Å². The topological polar surface area (TPSA) is 120 Å². The fourth-order valence-corrected chi connectivity index (χ4v) is 10.6. The van der Waals surface area contributed by atoms with E-state index in [1.165, 1.54) is 0 Å². The summed E-state index contributed by atoms with van der Waals surface area (Å²) in [5.74, 6) is -0.754. The first kappa shape index (κ1) is 30.3. The number of nitrogens with zero attached hydrogens (tertiary/aromatic N) is 3. The zero-order chi connectivity index (χ0) is 30.7. The van der Waals surface area contributed by atoms with Crippen molar-refractivity contribution in [2.45, 2.75) is 69.1 Å². The SMILES string of the molecule is C[C@H]1[C@H]([Si](C)(C)O)[C@@H](CC(=O)N2CCC[C@H]2CO)O[C@]12C(=O)N(Cc1cccc(N3CCOC3=O)c1)c1ccc(Br)cc12. The number of likely N-dealkylation sites (tertiary alicyclic amines) is 1. The molecule has 43 heavy (non-hydrogen) atoms. The van der Waals surface area contributed by atoms with Gasteiger partial charge in [-0.25, -0.2) is 4.79 Å². The number of carbonyl (C=O) groups is 3. The number of amides is 3. The lowest BCUT2D eigenvalue weighted by Gasteiger charge is -2.33. The maximum absolute atomic E-state index is 14.7. The van der Waals surface area contributed by atoms with Crippen LogP contribution in [0.1, 0.15) is 37.3 Å². The number of hydrogen-bond donors (Lipinski definition) is 2. The van der Waals surface area contributed by atoms with Crippen LogP contribution in [0.3, 0.4) is 0 Å². The number of carbonyl (C=O) groups excluding carboxylic acids is 3. The number of rotatable bonds is 7. The molecular weight excluding hydrogens is 634 g/mol. The molecule has 2 aromatic carbocycles. The minimum Gasteiger partial charge on any atom is -0.447 e. The summed E-state index contributed by atoms with van der Waals surface area (Å²) in [6.45, 7) is 7.19. The van der Waals surface area contributed by atoms with Crippen molar-refractivity contribution < 1.29 is 33.8 Å². The van der Waals surface area contributed by atoms with E-state index in [4.69, 9.17) is 9.47 Å². The highest BCUT2D eigenvalue weighted by atomic mass is 79.9. The van der Waals surface area contributed by atoms with Crippen molar-refractivity contribution >= 4 is 53.5 Å². The van der Waals surface area contributed by atoms with Gasteiger partial charge in [-0.15, -0.1) is 0 Å². The minimum absolute atomic E-state index is 0.0366. The van der Waals surface area contributed by atoms with Crippen molar-refractivity contribution in [3.05, 3.63) is 58.1 Å². The molecule has 1 spiro atoms. The predicted molar refractivity (Wildman–Crippen MR) is 166 cm³/mol. The fourth-order valence-electron chi connectivity index (χ4n) is 7.68. The number of halogens is 1. The third-order valence-electron chi connectivity index (χ3n) is 9.55. The number of aliphatic hydroxyl groups is 1. The molecule has 6 rings (SSSR count). The molecule has 0 unspecified atom stereocenters. The first-order valence-electron chi connectivity index (χ1n) is 14.9. The van der Waals surface area contributed by atoms with E-state index in [0.717, 1.165) is 22.9 Å². The van der Waals surface area contributed by atoms with Crippen LogP contribution in [-0.4, -0.2) is 79.5 Å². The van der Waals surface area contributed by atoms with Gasteiger partial charge in [-0.3, -0.25) is 14.5 Å². The molecule has 0 saturated carbocycles. The van der Waals surface area contributed by atoms with Gasteiger partial charge in [0, 0.05) is 33.7 Å². The second-order valence-corrected chi connectivity index (χ2v) is 17.5. The Balaban J connectivity index is 1.35. The zero-order valence-electron chi connectivity index (χ0n) is 24.7. The van der Waals surface area contributed by atoms with Crippen molar-refractivity contribution in [1.82, 2.24) is 4.90 Å². The van der Waals surface area contributed by atoms with Crippen LogP contribution >= 0.6 is 15.9 Å². The molecular formula is C31H38BrN3O7Si. The fraction of sp³-hybridized carbons (Fsp3) is 0.516. The highest BCUT2D eigenvalue weighted by Gasteiger charge is 2.66. The van der Waals surface area contributed by atoms with E-state index in [1.54, 1.807) is 14.7 Å².